The molecule has 2 atom stereocenters. The van der Waals surface area contributed by atoms with E-state index in [2.05, 4.69) is 5.18 Å². The third-order valence-electron chi connectivity index (χ3n) is 2.00. The largest absolute Gasteiger partial charge is 0.394 e. The highest BCUT2D eigenvalue weighted by Crippen LogP contribution is 2.18. The van der Waals surface area contributed by atoms with Crippen molar-refractivity contribution in [3.05, 3.63) is 35.2 Å². The first-order chi connectivity index (χ1) is 7.27. The van der Waals surface area contributed by atoms with Crippen molar-refractivity contribution in [2.24, 2.45) is 10.9 Å². The maximum Gasteiger partial charge on any atom is 0.131 e. The third kappa shape index (κ3) is 3.99. The summed E-state index contributed by atoms with van der Waals surface area (Å²) in [6.07, 6.45) is 0. The Kier molecular flexibility index (Phi) is 5.31. The van der Waals surface area contributed by atoms with Crippen LogP contribution < -0.4 is 5.73 Å². The molecule has 4 nitrogen and oxygen atoms in total. The molecule has 1 aromatic rings. The van der Waals surface area contributed by atoms with Crippen molar-refractivity contribution in [3.63, 3.8) is 0 Å². The Morgan fingerprint density at radius 1 is 1.40 bits per heavy atom. The van der Waals surface area contributed by atoms with Gasteiger partial charge in [0.25, 0.3) is 0 Å². The number of aliphatic hydroxyl groups excluding tert-OH is 1. The SMILES string of the molecule is NC(CSc1ccccc1)[C@@H](CO)N=O. The minimum absolute atomic E-state index is 0.292. The molecule has 15 heavy (non-hydrogen) atoms. The van der Waals surface area contributed by atoms with Crippen molar-refractivity contribution in [2.45, 2.75) is 17.0 Å². The lowest BCUT2D eigenvalue weighted by Gasteiger charge is -2.14. The lowest BCUT2D eigenvalue weighted by molar-refractivity contribution is 0.254. The Morgan fingerprint density at radius 3 is 2.60 bits per heavy atom. The van der Waals surface area contributed by atoms with Gasteiger partial charge < -0.3 is 10.8 Å². The summed E-state index contributed by atoms with van der Waals surface area (Å²) in [5.74, 6) is 0.570. The number of nitrogens with zero attached hydrogens (tertiary/aromatic N) is 1. The van der Waals surface area contributed by atoms with E-state index in [-0.39, 0.29) is 6.61 Å². The summed E-state index contributed by atoms with van der Waals surface area (Å²) >= 11 is 1.55. The van der Waals surface area contributed by atoms with Gasteiger partial charge in [0.1, 0.15) is 6.04 Å². The summed E-state index contributed by atoms with van der Waals surface area (Å²) in [5, 5.41) is 11.6. The topological polar surface area (TPSA) is 75.7 Å². The summed E-state index contributed by atoms with van der Waals surface area (Å²) in [7, 11) is 0. The van der Waals surface area contributed by atoms with Gasteiger partial charge in [0.2, 0.25) is 0 Å². The number of hydrogen-bond acceptors (Lipinski definition) is 5. The van der Waals surface area contributed by atoms with E-state index >= 15 is 0 Å². The first kappa shape index (κ1) is 12.2. The number of benzene rings is 1. The van der Waals surface area contributed by atoms with Crippen LogP contribution in [0.3, 0.4) is 0 Å². The van der Waals surface area contributed by atoms with Gasteiger partial charge >= 0.3 is 0 Å². The van der Waals surface area contributed by atoms with Crippen LogP contribution in [0.15, 0.2) is 40.4 Å². The zero-order valence-corrected chi connectivity index (χ0v) is 9.06. The maximum atomic E-state index is 10.3. The van der Waals surface area contributed by atoms with Crippen molar-refractivity contribution >= 4 is 11.8 Å². The van der Waals surface area contributed by atoms with Crippen LogP contribution in [0.4, 0.5) is 0 Å². The van der Waals surface area contributed by atoms with Gasteiger partial charge in [0, 0.05) is 16.7 Å². The third-order valence-corrected chi connectivity index (χ3v) is 3.16. The molecule has 5 heteroatoms. The van der Waals surface area contributed by atoms with E-state index in [9.17, 15) is 4.91 Å². The molecule has 82 valence electrons. The molecule has 0 aliphatic heterocycles. The summed E-state index contributed by atoms with van der Waals surface area (Å²) in [4.78, 5) is 11.4. The van der Waals surface area contributed by atoms with E-state index in [1.54, 1.807) is 11.8 Å². The van der Waals surface area contributed by atoms with Crippen LogP contribution in [0.2, 0.25) is 0 Å². The molecule has 0 aliphatic carbocycles. The second-order valence-corrected chi connectivity index (χ2v) is 4.24. The lowest BCUT2D eigenvalue weighted by atomic mass is 10.2. The van der Waals surface area contributed by atoms with E-state index in [0.717, 1.165) is 4.90 Å². The van der Waals surface area contributed by atoms with Gasteiger partial charge in [-0.2, -0.15) is 4.91 Å². The molecule has 0 saturated heterocycles. The number of nitrogens with two attached hydrogens (primary N) is 1. The molecule has 0 bridgehead atoms. The molecule has 0 amide bonds. The zero-order valence-electron chi connectivity index (χ0n) is 8.24. The van der Waals surface area contributed by atoms with Crippen molar-refractivity contribution in [1.82, 2.24) is 0 Å². The van der Waals surface area contributed by atoms with Gasteiger partial charge in [-0.3, -0.25) is 0 Å². The van der Waals surface area contributed by atoms with Crippen LogP contribution in [0.1, 0.15) is 0 Å². The van der Waals surface area contributed by atoms with E-state index in [1.807, 2.05) is 30.3 Å². The van der Waals surface area contributed by atoms with E-state index < -0.39 is 12.1 Å². The van der Waals surface area contributed by atoms with Gasteiger partial charge in [-0.05, 0) is 12.1 Å². The standard InChI is InChI=1S/C10H14N2O2S/c11-9(10(6-13)12-14)7-15-8-4-2-1-3-5-8/h1-5,9-10,13H,6-7,11H2/t9?,10-/m1/s1. The summed E-state index contributed by atoms with van der Waals surface area (Å²) in [5.41, 5.74) is 5.71. The molecular formula is C10H14N2O2S. The molecule has 0 spiro atoms. The molecular weight excluding hydrogens is 212 g/mol. The van der Waals surface area contributed by atoms with Crippen LogP contribution in [-0.2, 0) is 0 Å². The van der Waals surface area contributed by atoms with Gasteiger partial charge in [0.05, 0.1) is 6.61 Å². The Hall–Kier alpha value is -0.910. The predicted molar refractivity (Wildman–Crippen MR) is 61.8 cm³/mol. The van der Waals surface area contributed by atoms with Gasteiger partial charge in [-0.25, -0.2) is 0 Å². The molecule has 0 aliphatic rings. The van der Waals surface area contributed by atoms with Crippen molar-refractivity contribution in [2.75, 3.05) is 12.4 Å². The summed E-state index contributed by atoms with van der Waals surface area (Å²) in [6, 6.07) is 8.65. The van der Waals surface area contributed by atoms with Crippen LogP contribution in [0.5, 0.6) is 0 Å². The number of hydrogen-bond donors (Lipinski definition) is 2. The molecule has 0 saturated carbocycles. The van der Waals surface area contributed by atoms with Crippen LogP contribution >= 0.6 is 11.8 Å². The fourth-order valence-electron chi connectivity index (χ4n) is 1.07. The zero-order chi connectivity index (χ0) is 11.1. The molecule has 3 N–H and O–H groups in total. The van der Waals surface area contributed by atoms with Crippen LogP contribution in [0, 0.1) is 4.91 Å². The van der Waals surface area contributed by atoms with Gasteiger partial charge in [-0.1, -0.05) is 23.4 Å². The minimum atomic E-state index is -0.707. The highest BCUT2D eigenvalue weighted by atomic mass is 32.2. The van der Waals surface area contributed by atoms with Crippen molar-refractivity contribution < 1.29 is 5.11 Å². The van der Waals surface area contributed by atoms with Gasteiger partial charge in [-0.15, -0.1) is 11.8 Å². The molecule has 0 heterocycles. The van der Waals surface area contributed by atoms with Crippen LogP contribution in [0.25, 0.3) is 0 Å². The summed E-state index contributed by atoms with van der Waals surface area (Å²) in [6.45, 7) is -0.292. The Bertz CT molecular complexity index is 295. The fraction of sp³-hybridized carbons (Fsp3) is 0.400. The monoisotopic (exact) mass is 226 g/mol. The first-order valence-electron chi connectivity index (χ1n) is 4.64. The molecule has 1 rings (SSSR count). The quantitative estimate of drug-likeness (QED) is 0.565. The molecule has 1 aromatic carbocycles. The average Bonchev–Trinajstić information content (AvgIpc) is 2.29. The fourth-order valence-corrected chi connectivity index (χ4v) is 2.02. The predicted octanol–water partition coefficient (Wildman–Crippen LogP) is 1.23. The minimum Gasteiger partial charge on any atom is -0.394 e. The van der Waals surface area contributed by atoms with Crippen LogP contribution in [-0.4, -0.2) is 29.5 Å². The smallest absolute Gasteiger partial charge is 0.131 e. The highest BCUT2D eigenvalue weighted by Gasteiger charge is 2.17. The number of rotatable bonds is 6. The number of thioether (sulfide) groups is 1. The lowest BCUT2D eigenvalue weighted by Crippen LogP contribution is -2.37. The molecule has 0 radical (unpaired) electrons. The average molecular weight is 226 g/mol. The first-order valence-corrected chi connectivity index (χ1v) is 5.63. The molecule has 0 fully saturated rings. The highest BCUT2D eigenvalue weighted by molar-refractivity contribution is 7.99. The summed E-state index contributed by atoms with van der Waals surface area (Å²) < 4.78 is 0. The Labute approximate surface area is 92.8 Å². The van der Waals surface area contributed by atoms with Crippen molar-refractivity contribution in [3.8, 4) is 0 Å². The second kappa shape index (κ2) is 6.55. The van der Waals surface area contributed by atoms with E-state index in [0.29, 0.717) is 5.75 Å². The Balaban J connectivity index is 2.40. The molecule has 0 aromatic heterocycles. The normalized spacial score (nSPS) is 14.5. The molecule has 1 unspecified atom stereocenters. The maximum absolute atomic E-state index is 10.3. The second-order valence-electron chi connectivity index (χ2n) is 3.14. The van der Waals surface area contributed by atoms with E-state index in [1.165, 1.54) is 0 Å². The number of aliphatic hydroxyl groups is 1. The van der Waals surface area contributed by atoms with Crippen molar-refractivity contribution in [1.29, 1.82) is 0 Å². The number of nitroso groups, excluding NO2 is 1. The van der Waals surface area contributed by atoms with E-state index in [4.69, 9.17) is 10.8 Å². The Morgan fingerprint density at radius 2 is 2.07 bits per heavy atom. The van der Waals surface area contributed by atoms with Gasteiger partial charge in [0.15, 0.2) is 0 Å².